The molecule has 1 amide bonds. The third kappa shape index (κ3) is 3.05. The number of aliphatic imine (C=N–C) groups is 1. The highest BCUT2D eigenvalue weighted by Gasteiger charge is 2.17. The second-order valence-electron chi connectivity index (χ2n) is 5.11. The van der Waals surface area contributed by atoms with Crippen molar-refractivity contribution in [1.82, 2.24) is 14.8 Å². The van der Waals surface area contributed by atoms with Crippen molar-refractivity contribution in [1.29, 1.82) is 5.26 Å². The number of amides is 1. The van der Waals surface area contributed by atoms with Crippen LogP contribution >= 0.6 is 11.3 Å². The van der Waals surface area contributed by atoms with Crippen molar-refractivity contribution in [2.24, 2.45) is 12.0 Å². The first-order chi connectivity index (χ1) is 11.1. The van der Waals surface area contributed by atoms with Gasteiger partial charge in [0.2, 0.25) is 0 Å². The zero-order valence-corrected chi connectivity index (χ0v) is 13.5. The summed E-state index contributed by atoms with van der Waals surface area (Å²) in [5.41, 5.74) is 2.57. The van der Waals surface area contributed by atoms with Crippen LogP contribution in [0.4, 0.5) is 5.13 Å². The third-order valence-corrected chi connectivity index (χ3v) is 4.40. The van der Waals surface area contributed by atoms with Gasteiger partial charge in [0.25, 0.3) is 5.91 Å². The molecule has 1 N–H and O–H groups in total. The Balaban J connectivity index is 1.80. The Bertz CT molecular complexity index is 867. The fourth-order valence-corrected chi connectivity index (χ4v) is 3.14. The molecule has 0 radical (unpaired) electrons. The number of carbonyl (C=O) groups is 1. The minimum Gasteiger partial charge on any atom is -0.296 e. The number of thiazole rings is 1. The van der Waals surface area contributed by atoms with Crippen molar-refractivity contribution in [2.75, 3.05) is 5.32 Å². The van der Waals surface area contributed by atoms with Gasteiger partial charge in [0.15, 0.2) is 10.8 Å². The SMILES string of the molecule is CC1=C(C(=O)Nc2ncc(-c3cc(C#N)nn3C)s2)N=CCC1. The molecule has 0 saturated heterocycles. The molecule has 0 saturated carbocycles. The molecular weight excluding hydrogens is 312 g/mol. The van der Waals surface area contributed by atoms with Gasteiger partial charge in [-0.15, -0.1) is 0 Å². The monoisotopic (exact) mass is 326 g/mol. The second kappa shape index (κ2) is 6.14. The summed E-state index contributed by atoms with van der Waals surface area (Å²) in [7, 11) is 1.76. The average molecular weight is 326 g/mol. The smallest absolute Gasteiger partial charge is 0.275 e. The van der Waals surface area contributed by atoms with E-state index in [1.165, 1.54) is 11.3 Å². The van der Waals surface area contributed by atoms with E-state index < -0.39 is 0 Å². The summed E-state index contributed by atoms with van der Waals surface area (Å²) in [6, 6.07) is 3.70. The number of nitrogens with zero attached hydrogens (tertiary/aromatic N) is 5. The summed E-state index contributed by atoms with van der Waals surface area (Å²) in [5.74, 6) is -0.248. The first-order valence-electron chi connectivity index (χ1n) is 7.02. The van der Waals surface area contributed by atoms with Crippen LogP contribution in [0.3, 0.4) is 0 Å². The molecule has 8 heteroatoms. The molecule has 0 bridgehead atoms. The van der Waals surface area contributed by atoms with Gasteiger partial charge in [-0.1, -0.05) is 11.3 Å². The Morgan fingerprint density at radius 2 is 2.35 bits per heavy atom. The number of anilines is 1. The van der Waals surface area contributed by atoms with Crippen molar-refractivity contribution < 1.29 is 4.79 Å². The molecule has 1 aliphatic rings. The van der Waals surface area contributed by atoms with Crippen molar-refractivity contribution in [2.45, 2.75) is 19.8 Å². The van der Waals surface area contributed by atoms with E-state index >= 15 is 0 Å². The van der Waals surface area contributed by atoms with Gasteiger partial charge in [0, 0.05) is 25.5 Å². The highest BCUT2D eigenvalue weighted by Crippen LogP contribution is 2.29. The molecule has 1 aliphatic heterocycles. The number of allylic oxidation sites excluding steroid dienone is 1. The van der Waals surface area contributed by atoms with Crippen molar-refractivity contribution in [3.8, 4) is 16.6 Å². The predicted molar refractivity (Wildman–Crippen MR) is 88.1 cm³/mol. The summed E-state index contributed by atoms with van der Waals surface area (Å²) in [4.78, 5) is 21.5. The number of nitriles is 1. The standard InChI is InChI=1S/C15H14N6OS/c1-9-4-3-5-17-13(9)14(22)19-15-18-8-12(23-15)11-6-10(7-16)20-21(11)2/h5-6,8H,3-4H2,1-2H3,(H,18,19,22). The van der Waals surface area contributed by atoms with Crippen LogP contribution in [-0.2, 0) is 11.8 Å². The molecule has 2 aromatic heterocycles. The van der Waals surface area contributed by atoms with Crippen LogP contribution in [0.15, 0.2) is 28.5 Å². The first-order valence-corrected chi connectivity index (χ1v) is 7.84. The molecule has 0 aliphatic carbocycles. The van der Waals surface area contributed by atoms with Gasteiger partial charge in [0.1, 0.15) is 11.8 Å². The van der Waals surface area contributed by atoms with Crippen molar-refractivity contribution in [3.63, 3.8) is 0 Å². The number of nitrogens with one attached hydrogen (secondary N) is 1. The lowest BCUT2D eigenvalue weighted by molar-refractivity contribution is -0.112. The quantitative estimate of drug-likeness (QED) is 0.937. The largest absolute Gasteiger partial charge is 0.296 e. The lowest BCUT2D eigenvalue weighted by atomic mass is 10.1. The number of hydrogen-bond donors (Lipinski definition) is 1. The molecule has 0 fully saturated rings. The molecule has 0 atom stereocenters. The predicted octanol–water partition coefficient (Wildman–Crippen LogP) is 2.49. The Labute approximate surface area is 137 Å². The minimum atomic E-state index is -0.248. The van der Waals surface area contributed by atoms with Crippen LogP contribution in [0, 0.1) is 11.3 Å². The van der Waals surface area contributed by atoms with Crippen LogP contribution in [0.5, 0.6) is 0 Å². The van der Waals surface area contributed by atoms with Gasteiger partial charge >= 0.3 is 0 Å². The van der Waals surface area contributed by atoms with E-state index in [1.807, 2.05) is 13.0 Å². The highest BCUT2D eigenvalue weighted by molar-refractivity contribution is 7.19. The summed E-state index contributed by atoms with van der Waals surface area (Å²) in [6.07, 6.45) is 5.13. The van der Waals surface area contributed by atoms with Crippen molar-refractivity contribution >= 4 is 28.6 Å². The molecular formula is C15H14N6OS. The number of aromatic nitrogens is 3. The highest BCUT2D eigenvalue weighted by atomic mass is 32.1. The zero-order valence-electron chi connectivity index (χ0n) is 12.7. The molecule has 3 heterocycles. The van der Waals surface area contributed by atoms with Gasteiger partial charge in [-0.05, 0) is 25.3 Å². The van der Waals surface area contributed by atoms with Crippen LogP contribution in [0.2, 0.25) is 0 Å². The number of aryl methyl sites for hydroxylation is 1. The maximum absolute atomic E-state index is 12.3. The molecule has 116 valence electrons. The molecule has 0 spiro atoms. The van der Waals surface area contributed by atoms with E-state index in [2.05, 4.69) is 20.4 Å². The summed E-state index contributed by atoms with van der Waals surface area (Å²) >= 11 is 1.33. The van der Waals surface area contributed by atoms with E-state index in [4.69, 9.17) is 5.26 Å². The molecule has 0 unspecified atom stereocenters. The van der Waals surface area contributed by atoms with Crippen LogP contribution in [0.25, 0.3) is 10.6 Å². The molecule has 0 aromatic carbocycles. The molecule has 2 aromatic rings. The van der Waals surface area contributed by atoms with Crippen LogP contribution < -0.4 is 5.32 Å². The van der Waals surface area contributed by atoms with Crippen LogP contribution in [-0.4, -0.2) is 26.9 Å². The fourth-order valence-electron chi connectivity index (χ4n) is 2.28. The minimum absolute atomic E-state index is 0.248. The average Bonchev–Trinajstić information content (AvgIpc) is 3.13. The third-order valence-electron chi connectivity index (χ3n) is 3.46. The molecule has 7 nitrogen and oxygen atoms in total. The lowest BCUT2D eigenvalue weighted by Crippen LogP contribution is -2.16. The normalized spacial score (nSPS) is 14.0. The van der Waals surface area contributed by atoms with E-state index in [0.29, 0.717) is 16.5 Å². The van der Waals surface area contributed by atoms with E-state index in [0.717, 1.165) is 29.0 Å². The zero-order chi connectivity index (χ0) is 16.4. The van der Waals surface area contributed by atoms with Gasteiger partial charge < -0.3 is 0 Å². The molecule has 3 rings (SSSR count). The number of carbonyl (C=O) groups excluding carboxylic acids is 1. The Kier molecular flexibility index (Phi) is 4.04. The Morgan fingerprint density at radius 3 is 3.04 bits per heavy atom. The van der Waals surface area contributed by atoms with E-state index in [-0.39, 0.29) is 5.91 Å². The van der Waals surface area contributed by atoms with Gasteiger partial charge in [-0.25, -0.2) is 4.98 Å². The maximum Gasteiger partial charge on any atom is 0.275 e. The number of hydrogen-bond acceptors (Lipinski definition) is 6. The van der Waals surface area contributed by atoms with Gasteiger partial charge in [-0.2, -0.15) is 10.4 Å². The topological polar surface area (TPSA) is 96.0 Å². The summed E-state index contributed by atoms with van der Waals surface area (Å²) in [6.45, 7) is 1.91. The van der Waals surface area contributed by atoms with Gasteiger partial charge in [0.05, 0.1) is 10.6 Å². The summed E-state index contributed by atoms with van der Waals surface area (Å²) < 4.78 is 1.62. The lowest BCUT2D eigenvalue weighted by Gasteiger charge is -2.10. The van der Waals surface area contributed by atoms with E-state index in [1.54, 1.807) is 30.2 Å². The van der Waals surface area contributed by atoms with Crippen LogP contribution in [0.1, 0.15) is 25.5 Å². The first kappa shape index (κ1) is 15.1. The fraction of sp³-hybridized carbons (Fsp3) is 0.267. The second-order valence-corrected chi connectivity index (χ2v) is 6.14. The Hall–Kier alpha value is -2.79. The Morgan fingerprint density at radius 1 is 1.52 bits per heavy atom. The van der Waals surface area contributed by atoms with Crippen molar-refractivity contribution in [3.05, 3.63) is 29.2 Å². The maximum atomic E-state index is 12.3. The molecule has 23 heavy (non-hydrogen) atoms. The van der Waals surface area contributed by atoms with E-state index in [9.17, 15) is 4.79 Å². The number of rotatable bonds is 3. The summed E-state index contributed by atoms with van der Waals surface area (Å²) in [5, 5.41) is 16.2. The van der Waals surface area contributed by atoms with Gasteiger partial charge in [-0.3, -0.25) is 19.8 Å².